The van der Waals surface area contributed by atoms with E-state index in [2.05, 4.69) is 25.9 Å². The minimum atomic E-state index is 0.0798. The molecule has 1 fully saturated rings. The van der Waals surface area contributed by atoms with Crippen LogP contribution in [0.5, 0.6) is 11.5 Å². The van der Waals surface area contributed by atoms with Crippen molar-refractivity contribution in [2.75, 3.05) is 0 Å². The van der Waals surface area contributed by atoms with E-state index in [9.17, 15) is 5.11 Å². The zero-order valence-corrected chi connectivity index (χ0v) is 12.4. The number of phenolic OH excluding ortho intramolecular Hbond substituents is 1. The maximum Gasteiger partial charge on any atom is 0.237 e. The first-order valence-electron chi connectivity index (χ1n) is 6.19. The number of aryl methyl sites for hydroxylation is 1. The highest BCUT2D eigenvalue weighted by Crippen LogP contribution is 2.45. The van der Waals surface area contributed by atoms with Gasteiger partial charge < -0.3 is 9.84 Å². The molecule has 1 aromatic heterocycles. The van der Waals surface area contributed by atoms with Crippen LogP contribution < -0.4 is 4.74 Å². The van der Waals surface area contributed by atoms with Crippen LogP contribution in [0, 0.1) is 6.57 Å². The lowest BCUT2D eigenvalue weighted by molar-refractivity contribution is 0.303. The molecule has 1 heterocycles. The van der Waals surface area contributed by atoms with E-state index in [0.29, 0.717) is 17.0 Å². The molecule has 0 atom stereocenters. The van der Waals surface area contributed by atoms with Gasteiger partial charge in [-0.3, -0.25) is 4.68 Å². The summed E-state index contributed by atoms with van der Waals surface area (Å²) < 4.78 is 8.16. The fourth-order valence-corrected chi connectivity index (χ4v) is 2.62. The van der Waals surface area contributed by atoms with Crippen LogP contribution in [0.3, 0.4) is 0 Å². The highest BCUT2D eigenvalue weighted by Gasteiger charge is 2.26. The van der Waals surface area contributed by atoms with E-state index in [4.69, 9.17) is 11.3 Å². The van der Waals surface area contributed by atoms with Crippen molar-refractivity contribution in [3.05, 3.63) is 34.2 Å². The number of aromatic nitrogens is 2. The third kappa shape index (κ3) is 2.25. The predicted octanol–water partition coefficient (Wildman–Crippen LogP) is 3.65. The van der Waals surface area contributed by atoms with Gasteiger partial charge in [0.15, 0.2) is 0 Å². The monoisotopic (exact) mass is 333 g/mol. The molecule has 0 radical (unpaired) electrons. The number of aromatic hydroxyl groups is 1. The third-order valence-electron chi connectivity index (χ3n) is 3.14. The molecule has 1 aliphatic carbocycles. The van der Waals surface area contributed by atoms with Crippen molar-refractivity contribution in [2.24, 2.45) is 7.05 Å². The molecule has 0 unspecified atom stereocenters. The summed E-state index contributed by atoms with van der Waals surface area (Å²) in [6.45, 7) is 7.42. The predicted molar refractivity (Wildman–Crippen MR) is 77.9 cm³/mol. The van der Waals surface area contributed by atoms with E-state index in [1.165, 1.54) is 6.07 Å². The van der Waals surface area contributed by atoms with Crippen LogP contribution in [0.25, 0.3) is 16.1 Å². The standard InChI is InChI=1S/C14H12BrN3O2/c1-16-13-10(14-11(15)7-17-18(14)2)5-8(19)6-12(13)20-9-3-4-9/h5-7,9,19H,3-4H2,2H3. The second kappa shape index (κ2) is 4.84. The zero-order chi connectivity index (χ0) is 14.3. The molecule has 20 heavy (non-hydrogen) atoms. The summed E-state index contributed by atoms with van der Waals surface area (Å²) in [4.78, 5) is 3.58. The number of hydrogen-bond donors (Lipinski definition) is 1. The molecule has 1 saturated carbocycles. The van der Waals surface area contributed by atoms with Gasteiger partial charge in [-0.25, -0.2) is 4.85 Å². The average molecular weight is 334 g/mol. The maximum atomic E-state index is 9.90. The zero-order valence-electron chi connectivity index (χ0n) is 10.8. The Morgan fingerprint density at radius 2 is 2.25 bits per heavy atom. The van der Waals surface area contributed by atoms with E-state index in [0.717, 1.165) is 23.0 Å². The van der Waals surface area contributed by atoms with E-state index < -0.39 is 0 Å². The summed E-state index contributed by atoms with van der Waals surface area (Å²) in [6.07, 6.45) is 3.82. The molecule has 102 valence electrons. The van der Waals surface area contributed by atoms with Crippen LogP contribution in [-0.2, 0) is 7.05 Å². The van der Waals surface area contributed by atoms with Gasteiger partial charge in [0, 0.05) is 18.7 Å². The Hall–Kier alpha value is -2.00. The number of benzene rings is 1. The Balaban J connectivity index is 2.19. The fraction of sp³-hybridized carbons (Fsp3) is 0.286. The molecule has 0 amide bonds. The van der Waals surface area contributed by atoms with Crippen LogP contribution in [0.1, 0.15) is 12.8 Å². The number of rotatable bonds is 3. The van der Waals surface area contributed by atoms with Crippen LogP contribution in [0.2, 0.25) is 0 Å². The Morgan fingerprint density at radius 3 is 2.80 bits per heavy atom. The Morgan fingerprint density at radius 1 is 1.50 bits per heavy atom. The largest absolute Gasteiger partial charge is 0.508 e. The van der Waals surface area contributed by atoms with E-state index in [-0.39, 0.29) is 11.9 Å². The maximum absolute atomic E-state index is 9.90. The summed E-state index contributed by atoms with van der Waals surface area (Å²) in [5.74, 6) is 0.516. The van der Waals surface area contributed by atoms with Gasteiger partial charge in [-0.05, 0) is 34.8 Å². The molecule has 1 N–H and O–H groups in total. The molecule has 2 aromatic rings. The van der Waals surface area contributed by atoms with Gasteiger partial charge in [-0.1, -0.05) is 0 Å². The molecule has 3 rings (SSSR count). The SMILES string of the molecule is [C-]#[N+]c1c(OC2CC2)cc(O)cc1-c1c(Br)cnn1C. The Bertz CT molecular complexity index is 694. The summed E-state index contributed by atoms with van der Waals surface area (Å²) in [6, 6.07) is 3.06. The van der Waals surface area contributed by atoms with Gasteiger partial charge in [0.1, 0.15) is 11.5 Å². The summed E-state index contributed by atoms with van der Waals surface area (Å²) in [5.41, 5.74) is 1.76. The molecule has 0 spiro atoms. The molecule has 0 saturated heterocycles. The number of halogens is 1. The van der Waals surface area contributed by atoms with Crippen molar-refractivity contribution in [1.29, 1.82) is 0 Å². The summed E-state index contributed by atoms with van der Waals surface area (Å²) in [7, 11) is 1.79. The minimum absolute atomic E-state index is 0.0798. The number of hydrogen-bond acceptors (Lipinski definition) is 3. The first-order chi connectivity index (χ1) is 9.60. The van der Waals surface area contributed by atoms with Gasteiger partial charge in [0.05, 0.1) is 29.0 Å². The molecule has 0 bridgehead atoms. The van der Waals surface area contributed by atoms with Gasteiger partial charge in [0.2, 0.25) is 5.69 Å². The number of phenols is 1. The van der Waals surface area contributed by atoms with E-state index in [1.807, 2.05) is 0 Å². The highest BCUT2D eigenvalue weighted by molar-refractivity contribution is 9.10. The number of nitrogens with zero attached hydrogens (tertiary/aromatic N) is 3. The smallest absolute Gasteiger partial charge is 0.237 e. The molecular formula is C14H12BrN3O2. The van der Waals surface area contributed by atoms with Gasteiger partial charge in [-0.15, -0.1) is 0 Å². The first kappa shape index (κ1) is 13.0. The van der Waals surface area contributed by atoms with E-state index in [1.54, 1.807) is 24.0 Å². The molecule has 1 aliphatic rings. The summed E-state index contributed by atoms with van der Waals surface area (Å²) >= 11 is 3.42. The first-order valence-corrected chi connectivity index (χ1v) is 6.98. The van der Waals surface area contributed by atoms with Crippen molar-refractivity contribution in [3.8, 4) is 22.8 Å². The molecule has 5 nitrogen and oxygen atoms in total. The molecule has 6 heteroatoms. The van der Waals surface area contributed by atoms with Gasteiger partial charge in [-0.2, -0.15) is 5.10 Å². The van der Waals surface area contributed by atoms with Crippen molar-refractivity contribution in [3.63, 3.8) is 0 Å². The quantitative estimate of drug-likeness (QED) is 0.872. The Labute approximate surface area is 124 Å². The van der Waals surface area contributed by atoms with Crippen LogP contribution >= 0.6 is 15.9 Å². The second-order valence-electron chi connectivity index (χ2n) is 4.73. The number of ether oxygens (including phenoxy) is 1. The van der Waals surface area contributed by atoms with Crippen molar-refractivity contribution in [1.82, 2.24) is 9.78 Å². The Kier molecular flexibility index (Phi) is 3.14. The van der Waals surface area contributed by atoms with Crippen molar-refractivity contribution >= 4 is 21.6 Å². The van der Waals surface area contributed by atoms with E-state index >= 15 is 0 Å². The normalized spacial score (nSPS) is 14.1. The van der Waals surface area contributed by atoms with Crippen LogP contribution in [0.15, 0.2) is 22.8 Å². The van der Waals surface area contributed by atoms with Gasteiger partial charge >= 0.3 is 0 Å². The molecule has 1 aromatic carbocycles. The summed E-state index contributed by atoms with van der Waals surface area (Å²) in [5, 5.41) is 14.0. The third-order valence-corrected chi connectivity index (χ3v) is 3.72. The van der Waals surface area contributed by atoms with Crippen molar-refractivity contribution < 1.29 is 9.84 Å². The minimum Gasteiger partial charge on any atom is -0.508 e. The highest BCUT2D eigenvalue weighted by atomic mass is 79.9. The fourth-order valence-electron chi connectivity index (χ4n) is 2.06. The van der Waals surface area contributed by atoms with Crippen molar-refractivity contribution in [2.45, 2.75) is 18.9 Å². The van der Waals surface area contributed by atoms with Crippen LogP contribution in [-0.4, -0.2) is 21.0 Å². The van der Waals surface area contributed by atoms with Gasteiger partial charge in [0.25, 0.3) is 0 Å². The molecular weight excluding hydrogens is 322 g/mol. The topological polar surface area (TPSA) is 51.6 Å². The second-order valence-corrected chi connectivity index (χ2v) is 5.59. The average Bonchev–Trinajstić information content (AvgIpc) is 3.14. The van der Waals surface area contributed by atoms with Crippen LogP contribution in [0.4, 0.5) is 5.69 Å². The molecule has 0 aliphatic heterocycles. The lowest BCUT2D eigenvalue weighted by Gasteiger charge is -2.12. The lowest BCUT2D eigenvalue weighted by Crippen LogP contribution is -1.98. The lowest BCUT2D eigenvalue weighted by atomic mass is 10.1.